The Bertz CT molecular complexity index is 283. The van der Waals surface area contributed by atoms with Crippen molar-refractivity contribution in [2.24, 2.45) is 5.18 Å². The van der Waals surface area contributed by atoms with Gasteiger partial charge in [-0.3, -0.25) is 4.79 Å². The van der Waals surface area contributed by atoms with Gasteiger partial charge in [0.15, 0.2) is 6.17 Å². The third-order valence-corrected chi connectivity index (χ3v) is 4.35. The molecule has 4 heteroatoms. The Morgan fingerprint density at radius 1 is 0.783 bits per heavy atom. The normalized spacial score (nSPS) is 12.1. The molecule has 1 atom stereocenters. The molecule has 0 heterocycles. The first-order valence-electron chi connectivity index (χ1n) is 9.86. The molecule has 0 saturated carbocycles. The van der Waals surface area contributed by atoms with Crippen LogP contribution in [0.4, 0.5) is 0 Å². The maximum Gasteiger partial charge on any atom is 0.221 e. The number of hydrogen-bond acceptors (Lipinski definition) is 3. The van der Waals surface area contributed by atoms with Gasteiger partial charge in [-0.25, -0.2) is 0 Å². The lowest BCUT2D eigenvalue weighted by molar-refractivity contribution is -0.121. The van der Waals surface area contributed by atoms with Crippen molar-refractivity contribution in [2.75, 3.05) is 0 Å². The van der Waals surface area contributed by atoms with E-state index >= 15 is 0 Å². The van der Waals surface area contributed by atoms with Gasteiger partial charge in [-0.1, -0.05) is 90.9 Å². The van der Waals surface area contributed by atoms with E-state index in [1.807, 2.05) is 6.92 Å². The van der Waals surface area contributed by atoms with Crippen LogP contribution in [-0.4, -0.2) is 12.1 Å². The van der Waals surface area contributed by atoms with Crippen molar-refractivity contribution in [1.82, 2.24) is 5.32 Å². The van der Waals surface area contributed by atoms with Crippen molar-refractivity contribution in [3.63, 3.8) is 0 Å². The van der Waals surface area contributed by atoms with Gasteiger partial charge in [0, 0.05) is 6.42 Å². The number of carbonyl (C=O) groups excluding carboxylic acids is 1. The first-order valence-corrected chi connectivity index (χ1v) is 9.86. The number of carbonyl (C=O) groups is 1. The first kappa shape index (κ1) is 22.1. The predicted molar refractivity (Wildman–Crippen MR) is 98.3 cm³/mol. The lowest BCUT2D eigenvalue weighted by Crippen LogP contribution is -2.32. The van der Waals surface area contributed by atoms with Crippen LogP contribution in [-0.2, 0) is 4.79 Å². The van der Waals surface area contributed by atoms with E-state index in [1.165, 1.54) is 70.6 Å². The molecule has 0 spiro atoms. The van der Waals surface area contributed by atoms with Crippen molar-refractivity contribution in [2.45, 2.75) is 116 Å². The third kappa shape index (κ3) is 15.7. The van der Waals surface area contributed by atoms with Crippen molar-refractivity contribution in [1.29, 1.82) is 0 Å². The van der Waals surface area contributed by atoms with Gasteiger partial charge in [-0.2, -0.15) is 0 Å². The molecule has 0 aromatic rings. The second-order valence-corrected chi connectivity index (χ2v) is 6.59. The summed E-state index contributed by atoms with van der Waals surface area (Å²) >= 11 is 0. The van der Waals surface area contributed by atoms with Crippen LogP contribution in [0.15, 0.2) is 5.18 Å². The van der Waals surface area contributed by atoms with Crippen molar-refractivity contribution in [3.05, 3.63) is 4.91 Å². The Labute approximate surface area is 143 Å². The van der Waals surface area contributed by atoms with Crippen LogP contribution in [0.1, 0.15) is 110 Å². The highest BCUT2D eigenvalue weighted by molar-refractivity contribution is 5.76. The molecular formula is C19H38N2O2. The molecule has 0 fully saturated rings. The number of nitroso groups, excluding NO2 is 1. The zero-order chi connectivity index (χ0) is 17.2. The standard InChI is InChI=1S/C19H38N2O2/c1-3-5-6-7-8-9-10-11-12-13-14-15-16-17-19(22)20-18(4-2)21-23/h18H,3-17H2,1-2H3,(H,20,22). The highest BCUT2D eigenvalue weighted by Crippen LogP contribution is 2.12. The predicted octanol–water partition coefficient (Wildman–Crippen LogP) is 6.09. The van der Waals surface area contributed by atoms with Crippen LogP contribution in [0.5, 0.6) is 0 Å². The fraction of sp³-hybridized carbons (Fsp3) is 0.947. The highest BCUT2D eigenvalue weighted by atomic mass is 16.3. The second-order valence-electron chi connectivity index (χ2n) is 6.59. The van der Waals surface area contributed by atoms with Crippen LogP contribution in [0.25, 0.3) is 0 Å². The van der Waals surface area contributed by atoms with E-state index in [1.54, 1.807) is 0 Å². The number of nitrogens with zero attached hydrogens (tertiary/aromatic N) is 1. The molecule has 0 aromatic heterocycles. The first-order chi connectivity index (χ1) is 11.2. The number of hydrogen-bond donors (Lipinski definition) is 1. The van der Waals surface area contributed by atoms with Gasteiger partial charge in [-0.15, -0.1) is 4.91 Å². The van der Waals surface area contributed by atoms with E-state index in [0.717, 1.165) is 12.8 Å². The minimum atomic E-state index is -0.551. The van der Waals surface area contributed by atoms with E-state index < -0.39 is 6.17 Å². The largest absolute Gasteiger partial charge is 0.331 e. The second kappa shape index (κ2) is 17.4. The minimum absolute atomic E-state index is 0.0421. The van der Waals surface area contributed by atoms with Crippen LogP contribution in [0.3, 0.4) is 0 Å². The van der Waals surface area contributed by atoms with Gasteiger partial charge in [0.05, 0.1) is 0 Å². The molecule has 0 bridgehead atoms. The number of nitrogens with one attached hydrogen (secondary N) is 1. The molecule has 1 amide bonds. The van der Waals surface area contributed by atoms with E-state index in [4.69, 9.17) is 0 Å². The molecular weight excluding hydrogens is 288 g/mol. The topological polar surface area (TPSA) is 58.5 Å². The van der Waals surface area contributed by atoms with Gasteiger partial charge < -0.3 is 5.32 Å². The number of rotatable bonds is 17. The summed E-state index contributed by atoms with van der Waals surface area (Å²) in [6, 6.07) is 0. The summed E-state index contributed by atoms with van der Waals surface area (Å²) in [5.41, 5.74) is 0. The van der Waals surface area contributed by atoms with Crippen LogP contribution < -0.4 is 5.32 Å². The summed E-state index contributed by atoms with van der Waals surface area (Å²) in [5, 5.41) is 5.52. The van der Waals surface area contributed by atoms with Gasteiger partial charge in [0.2, 0.25) is 5.91 Å². The van der Waals surface area contributed by atoms with Gasteiger partial charge >= 0.3 is 0 Å². The minimum Gasteiger partial charge on any atom is -0.331 e. The molecule has 0 aliphatic heterocycles. The monoisotopic (exact) mass is 326 g/mol. The summed E-state index contributed by atoms with van der Waals surface area (Å²) < 4.78 is 0. The average molecular weight is 327 g/mol. The Hall–Kier alpha value is -0.930. The Morgan fingerprint density at radius 2 is 1.22 bits per heavy atom. The summed E-state index contributed by atoms with van der Waals surface area (Å²) in [5.74, 6) is -0.0421. The molecule has 0 aliphatic rings. The average Bonchev–Trinajstić information content (AvgIpc) is 2.56. The molecule has 4 nitrogen and oxygen atoms in total. The SMILES string of the molecule is CCCCCCCCCCCCCCCC(=O)NC(CC)N=O. The van der Waals surface area contributed by atoms with E-state index in [-0.39, 0.29) is 5.91 Å². The van der Waals surface area contributed by atoms with Crippen LogP contribution >= 0.6 is 0 Å². The summed E-state index contributed by atoms with van der Waals surface area (Å²) in [4.78, 5) is 22.0. The van der Waals surface area contributed by atoms with E-state index in [2.05, 4.69) is 17.4 Å². The molecule has 0 rings (SSSR count). The molecule has 23 heavy (non-hydrogen) atoms. The molecule has 1 unspecified atom stereocenters. The molecule has 0 saturated heterocycles. The van der Waals surface area contributed by atoms with E-state index in [9.17, 15) is 9.70 Å². The highest BCUT2D eigenvalue weighted by Gasteiger charge is 2.09. The lowest BCUT2D eigenvalue weighted by atomic mass is 10.0. The Balaban J connectivity index is 3.21. The van der Waals surface area contributed by atoms with Crippen molar-refractivity contribution in [3.8, 4) is 0 Å². The summed E-state index contributed by atoms with van der Waals surface area (Å²) in [7, 11) is 0. The van der Waals surface area contributed by atoms with Gasteiger partial charge in [0.1, 0.15) is 0 Å². The molecule has 0 aromatic carbocycles. The van der Waals surface area contributed by atoms with Gasteiger partial charge in [-0.05, 0) is 18.0 Å². The van der Waals surface area contributed by atoms with E-state index in [0.29, 0.717) is 12.8 Å². The third-order valence-electron chi connectivity index (χ3n) is 4.35. The lowest BCUT2D eigenvalue weighted by Gasteiger charge is -2.08. The summed E-state index contributed by atoms with van der Waals surface area (Å²) in [6.45, 7) is 4.11. The fourth-order valence-electron chi connectivity index (χ4n) is 2.76. The van der Waals surface area contributed by atoms with Crippen LogP contribution in [0.2, 0.25) is 0 Å². The van der Waals surface area contributed by atoms with Gasteiger partial charge in [0.25, 0.3) is 0 Å². The number of unbranched alkanes of at least 4 members (excludes halogenated alkanes) is 12. The summed E-state index contributed by atoms with van der Waals surface area (Å²) in [6.07, 6.45) is 17.5. The van der Waals surface area contributed by atoms with Crippen molar-refractivity contribution < 1.29 is 4.79 Å². The Kier molecular flexibility index (Phi) is 16.7. The molecule has 0 radical (unpaired) electrons. The fourth-order valence-corrected chi connectivity index (χ4v) is 2.76. The Morgan fingerprint density at radius 3 is 1.61 bits per heavy atom. The molecule has 1 N–H and O–H groups in total. The molecule has 136 valence electrons. The van der Waals surface area contributed by atoms with Crippen molar-refractivity contribution >= 4 is 5.91 Å². The quantitative estimate of drug-likeness (QED) is 0.260. The zero-order valence-electron chi connectivity index (χ0n) is 15.4. The van der Waals surface area contributed by atoms with Crippen LogP contribution in [0, 0.1) is 4.91 Å². The number of amides is 1. The zero-order valence-corrected chi connectivity index (χ0v) is 15.4. The molecule has 0 aliphatic carbocycles. The maximum absolute atomic E-state index is 11.6. The maximum atomic E-state index is 11.6. The smallest absolute Gasteiger partial charge is 0.221 e.